The van der Waals surface area contributed by atoms with Crippen molar-refractivity contribution in [2.24, 2.45) is 9.98 Å². The average molecular weight is 736 g/mol. The van der Waals surface area contributed by atoms with Crippen molar-refractivity contribution in [1.82, 2.24) is 5.32 Å². The molecule has 1 heterocycles. The summed E-state index contributed by atoms with van der Waals surface area (Å²) < 4.78 is 0. The minimum Gasteiger partial charge on any atom is -0.386 e. The molecule has 1 aliphatic rings. The van der Waals surface area contributed by atoms with Crippen LogP contribution in [0.5, 0.6) is 0 Å². The van der Waals surface area contributed by atoms with E-state index in [0.29, 0.717) is 0 Å². The number of hydrogen-bond donors (Lipinski definition) is 3. The zero-order chi connectivity index (χ0) is 38.4. The molecule has 0 aliphatic carbocycles. The lowest BCUT2D eigenvalue weighted by atomic mass is 9.95. The largest absolute Gasteiger partial charge is 0.386 e. The second-order valence-corrected chi connectivity index (χ2v) is 14.0. The van der Waals surface area contributed by atoms with Crippen LogP contribution >= 0.6 is 0 Å². The zero-order valence-corrected chi connectivity index (χ0v) is 31.6. The van der Waals surface area contributed by atoms with Gasteiger partial charge in [0.05, 0.1) is 11.4 Å². The Hall–Kier alpha value is -7.50. The van der Waals surface area contributed by atoms with Crippen molar-refractivity contribution in [1.29, 1.82) is 0 Å². The molecule has 1 aliphatic heterocycles. The molecule has 9 rings (SSSR count). The maximum Gasteiger partial charge on any atom is 0.169 e. The molecule has 5 heteroatoms. The molecule has 57 heavy (non-hydrogen) atoms. The molecule has 0 amide bonds. The van der Waals surface area contributed by atoms with Crippen LogP contribution in [0.4, 0.5) is 17.1 Å². The van der Waals surface area contributed by atoms with Gasteiger partial charge in [0, 0.05) is 29.4 Å². The van der Waals surface area contributed by atoms with E-state index >= 15 is 0 Å². The SMILES string of the molecule is CNc1ccccc1Nc1ccccc1-c1cccc(-c2cccc(C3N=C(c4ccccc4)NC(c4cc(-c5ccccc5)cc(-c5ccccc5)c4)=N3)c2)c1. The quantitative estimate of drug-likeness (QED) is 0.131. The van der Waals surface area contributed by atoms with E-state index in [4.69, 9.17) is 9.98 Å². The van der Waals surface area contributed by atoms with E-state index in [2.05, 4.69) is 192 Å². The van der Waals surface area contributed by atoms with Gasteiger partial charge in [-0.3, -0.25) is 0 Å². The molecule has 0 aromatic heterocycles. The highest BCUT2D eigenvalue weighted by atomic mass is 15.2. The molecular formula is C52H41N5. The van der Waals surface area contributed by atoms with Crippen LogP contribution in [0.1, 0.15) is 22.9 Å². The summed E-state index contributed by atoms with van der Waals surface area (Å²) in [5.74, 6) is 1.56. The third-order valence-corrected chi connectivity index (χ3v) is 10.3. The first-order valence-electron chi connectivity index (χ1n) is 19.3. The van der Waals surface area contributed by atoms with Crippen LogP contribution in [-0.4, -0.2) is 18.7 Å². The predicted octanol–water partition coefficient (Wildman–Crippen LogP) is 12.6. The lowest BCUT2D eigenvalue weighted by molar-refractivity contribution is 0.756. The lowest BCUT2D eigenvalue weighted by Gasteiger charge is -2.23. The second kappa shape index (κ2) is 16.1. The lowest BCUT2D eigenvalue weighted by Crippen LogP contribution is -2.36. The highest BCUT2D eigenvalue weighted by Gasteiger charge is 2.22. The van der Waals surface area contributed by atoms with E-state index in [1.807, 2.05) is 37.4 Å². The number of nitrogens with one attached hydrogen (secondary N) is 3. The number of hydrogen-bond acceptors (Lipinski definition) is 5. The van der Waals surface area contributed by atoms with Crippen molar-refractivity contribution in [2.45, 2.75) is 6.17 Å². The Kier molecular flexibility index (Phi) is 9.93. The smallest absolute Gasteiger partial charge is 0.169 e. The number of anilines is 3. The Bertz CT molecular complexity index is 2660. The molecule has 0 bridgehead atoms. The highest BCUT2D eigenvalue weighted by molar-refractivity contribution is 6.16. The van der Waals surface area contributed by atoms with E-state index in [1.54, 1.807) is 0 Å². The number of aliphatic imine (C=N–C) groups is 2. The van der Waals surface area contributed by atoms with Crippen LogP contribution < -0.4 is 16.0 Å². The van der Waals surface area contributed by atoms with Gasteiger partial charge in [-0.25, -0.2) is 9.98 Å². The summed E-state index contributed by atoms with van der Waals surface area (Å²) >= 11 is 0. The highest BCUT2D eigenvalue weighted by Crippen LogP contribution is 2.36. The number of para-hydroxylation sites is 3. The first kappa shape index (κ1) is 35.2. The third kappa shape index (κ3) is 7.73. The van der Waals surface area contributed by atoms with Gasteiger partial charge >= 0.3 is 0 Å². The van der Waals surface area contributed by atoms with E-state index in [1.165, 1.54) is 0 Å². The second-order valence-electron chi connectivity index (χ2n) is 14.0. The van der Waals surface area contributed by atoms with Gasteiger partial charge in [-0.2, -0.15) is 0 Å². The van der Waals surface area contributed by atoms with Gasteiger partial charge in [-0.05, 0) is 93.0 Å². The summed E-state index contributed by atoms with van der Waals surface area (Å²) in [4.78, 5) is 10.6. The van der Waals surface area contributed by atoms with Crippen molar-refractivity contribution in [3.8, 4) is 44.5 Å². The fourth-order valence-electron chi connectivity index (χ4n) is 7.39. The fraction of sp³-hybridized carbons (Fsp3) is 0.0385. The summed E-state index contributed by atoms with van der Waals surface area (Å²) in [5.41, 5.74) is 15.1. The van der Waals surface area contributed by atoms with Gasteiger partial charge in [0.2, 0.25) is 0 Å². The van der Waals surface area contributed by atoms with Crippen molar-refractivity contribution >= 4 is 28.7 Å². The summed E-state index contributed by atoms with van der Waals surface area (Å²) in [6, 6.07) is 72.1. The molecule has 1 unspecified atom stereocenters. The summed E-state index contributed by atoms with van der Waals surface area (Å²) in [6.07, 6.45) is -0.461. The molecule has 0 saturated heterocycles. The first-order chi connectivity index (χ1) is 28.2. The van der Waals surface area contributed by atoms with E-state index in [9.17, 15) is 0 Å². The van der Waals surface area contributed by atoms with Crippen LogP contribution in [0.3, 0.4) is 0 Å². The average Bonchev–Trinajstić information content (AvgIpc) is 3.30. The topological polar surface area (TPSA) is 60.8 Å². The zero-order valence-electron chi connectivity index (χ0n) is 31.6. The number of nitrogens with zero attached hydrogens (tertiary/aromatic N) is 2. The Balaban J connectivity index is 1.10. The standard InChI is InChI=1S/C52H41N5/c1-53-48-29-13-14-30-49(48)54-47-28-12-11-27-46(47)41-25-15-23-39(31-41)40-24-16-26-42(32-40)51-55-50(38-21-9-4-10-22-38)56-52(57-51)45-34-43(36-17-5-2-6-18-36)33-44(35-45)37-19-7-3-8-20-37/h2-35,51,53-54H,1H3,(H,55,56,57). The Morgan fingerprint density at radius 2 is 0.825 bits per heavy atom. The van der Waals surface area contributed by atoms with Crippen LogP contribution in [0, 0.1) is 0 Å². The molecule has 0 spiro atoms. The fourth-order valence-corrected chi connectivity index (χ4v) is 7.39. The van der Waals surface area contributed by atoms with Crippen LogP contribution in [0.15, 0.2) is 216 Å². The number of rotatable bonds is 10. The van der Waals surface area contributed by atoms with E-state index < -0.39 is 6.17 Å². The van der Waals surface area contributed by atoms with Gasteiger partial charge in [0.1, 0.15) is 11.7 Å². The minimum absolute atomic E-state index is 0.461. The first-order valence-corrected chi connectivity index (χ1v) is 19.3. The molecule has 1 atom stereocenters. The monoisotopic (exact) mass is 735 g/mol. The molecular weight excluding hydrogens is 695 g/mol. The van der Waals surface area contributed by atoms with Gasteiger partial charge in [0.25, 0.3) is 0 Å². The molecule has 0 radical (unpaired) electrons. The molecule has 8 aromatic rings. The van der Waals surface area contributed by atoms with E-state index in [0.717, 1.165) is 89.9 Å². The van der Waals surface area contributed by atoms with Gasteiger partial charge in [-0.1, -0.05) is 158 Å². The molecule has 0 saturated carbocycles. The predicted molar refractivity (Wildman–Crippen MR) is 239 cm³/mol. The maximum absolute atomic E-state index is 5.34. The van der Waals surface area contributed by atoms with Crippen LogP contribution in [0.2, 0.25) is 0 Å². The molecule has 8 aromatic carbocycles. The Labute approximate surface area is 334 Å². The minimum atomic E-state index is -0.461. The van der Waals surface area contributed by atoms with Crippen molar-refractivity contribution in [3.63, 3.8) is 0 Å². The third-order valence-electron chi connectivity index (χ3n) is 10.3. The molecule has 274 valence electrons. The normalized spacial score (nSPS) is 13.5. The van der Waals surface area contributed by atoms with Crippen molar-refractivity contribution < 1.29 is 0 Å². The molecule has 3 N–H and O–H groups in total. The van der Waals surface area contributed by atoms with Crippen molar-refractivity contribution in [3.05, 3.63) is 223 Å². The Morgan fingerprint density at radius 1 is 0.368 bits per heavy atom. The molecule has 5 nitrogen and oxygen atoms in total. The van der Waals surface area contributed by atoms with Gasteiger partial charge in [0.15, 0.2) is 6.17 Å². The van der Waals surface area contributed by atoms with E-state index in [-0.39, 0.29) is 0 Å². The van der Waals surface area contributed by atoms with Gasteiger partial charge < -0.3 is 16.0 Å². The van der Waals surface area contributed by atoms with Crippen molar-refractivity contribution in [2.75, 3.05) is 17.7 Å². The van der Waals surface area contributed by atoms with Gasteiger partial charge in [-0.15, -0.1) is 0 Å². The maximum atomic E-state index is 5.34. The number of benzene rings is 8. The Morgan fingerprint density at radius 3 is 1.47 bits per heavy atom. The van der Waals surface area contributed by atoms with Crippen LogP contribution in [-0.2, 0) is 0 Å². The summed E-state index contributed by atoms with van der Waals surface area (Å²) in [5, 5.41) is 10.6. The summed E-state index contributed by atoms with van der Waals surface area (Å²) in [6.45, 7) is 0. The number of amidine groups is 2. The molecule has 0 fully saturated rings. The summed E-state index contributed by atoms with van der Waals surface area (Å²) in [7, 11) is 1.94. The van der Waals surface area contributed by atoms with Crippen LogP contribution in [0.25, 0.3) is 44.5 Å².